The van der Waals surface area contributed by atoms with E-state index in [0.29, 0.717) is 34.7 Å². The van der Waals surface area contributed by atoms with Crippen LogP contribution in [-0.2, 0) is 4.79 Å². The number of rotatable bonds is 5. The van der Waals surface area contributed by atoms with E-state index >= 15 is 0 Å². The van der Waals surface area contributed by atoms with Crippen molar-refractivity contribution in [3.05, 3.63) is 71.5 Å². The standard InChI is InChI=1S/C23H23ClN4O2/c1-16-9-10-18(14-20(16)24)27-22(29)17-6-5-13-28(15-17)21-23(26-12-11-25-21)30-19-7-3-2-4-8-19/h2-4,7-12,14,17H,5-6,13,15H2,1H3,(H,27,29)/t17-/m1/s1. The molecule has 3 aromatic rings. The highest BCUT2D eigenvalue weighted by atomic mass is 35.5. The molecule has 1 N–H and O–H groups in total. The molecular formula is C23H23ClN4O2. The van der Waals surface area contributed by atoms with Crippen LogP contribution in [0.4, 0.5) is 11.5 Å². The van der Waals surface area contributed by atoms with Crippen LogP contribution in [0, 0.1) is 12.8 Å². The molecule has 154 valence electrons. The van der Waals surface area contributed by atoms with E-state index in [4.69, 9.17) is 16.3 Å². The summed E-state index contributed by atoms with van der Waals surface area (Å²) in [7, 11) is 0. The van der Waals surface area contributed by atoms with Crippen molar-refractivity contribution in [2.75, 3.05) is 23.3 Å². The minimum absolute atomic E-state index is 0.0194. The molecule has 1 aliphatic heterocycles. The Morgan fingerprint density at radius 3 is 2.77 bits per heavy atom. The van der Waals surface area contributed by atoms with E-state index in [2.05, 4.69) is 20.2 Å². The van der Waals surface area contributed by atoms with Crippen molar-refractivity contribution in [3.8, 4) is 11.6 Å². The molecule has 0 saturated carbocycles. The topological polar surface area (TPSA) is 67.4 Å². The molecule has 2 aromatic carbocycles. The van der Waals surface area contributed by atoms with Gasteiger partial charge in [-0.15, -0.1) is 0 Å². The summed E-state index contributed by atoms with van der Waals surface area (Å²) in [6, 6.07) is 15.0. The van der Waals surface area contributed by atoms with Crippen LogP contribution in [0.2, 0.25) is 5.02 Å². The van der Waals surface area contributed by atoms with Crippen LogP contribution in [0.5, 0.6) is 11.6 Å². The second kappa shape index (κ2) is 9.13. The Balaban J connectivity index is 1.47. The van der Waals surface area contributed by atoms with Crippen molar-refractivity contribution in [1.29, 1.82) is 0 Å². The van der Waals surface area contributed by atoms with Crippen LogP contribution in [0.3, 0.4) is 0 Å². The number of ether oxygens (including phenoxy) is 1. The summed E-state index contributed by atoms with van der Waals surface area (Å²) in [5.41, 5.74) is 1.69. The summed E-state index contributed by atoms with van der Waals surface area (Å²) in [5, 5.41) is 3.63. The van der Waals surface area contributed by atoms with Gasteiger partial charge in [-0.25, -0.2) is 9.97 Å². The fraction of sp³-hybridized carbons (Fsp3) is 0.261. The van der Waals surface area contributed by atoms with E-state index in [0.717, 1.165) is 24.9 Å². The van der Waals surface area contributed by atoms with E-state index in [-0.39, 0.29) is 11.8 Å². The number of hydrogen-bond donors (Lipinski definition) is 1. The fourth-order valence-electron chi connectivity index (χ4n) is 3.51. The molecule has 1 aromatic heterocycles. The second-order valence-corrected chi connectivity index (χ2v) is 7.75. The molecule has 1 amide bonds. The first-order chi connectivity index (χ1) is 14.6. The first kappa shape index (κ1) is 20.2. The molecular weight excluding hydrogens is 400 g/mol. The van der Waals surface area contributed by atoms with Gasteiger partial charge in [0.2, 0.25) is 5.91 Å². The third-order valence-electron chi connectivity index (χ3n) is 5.14. The van der Waals surface area contributed by atoms with Gasteiger partial charge in [-0.1, -0.05) is 35.9 Å². The average Bonchev–Trinajstić information content (AvgIpc) is 2.77. The smallest absolute Gasteiger partial charge is 0.263 e. The number of aromatic nitrogens is 2. The normalized spacial score (nSPS) is 16.2. The quantitative estimate of drug-likeness (QED) is 0.620. The molecule has 0 spiro atoms. The van der Waals surface area contributed by atoms with Crippen molar-refractivity contribution < 1.29 is 9.53 Å². The van der Waals surface area contributed by atoms with Gasteiger partial charge >= 0.3 is 0 Å². The van der Waals surface area contributed by atoms with E-state index < -0.39 is 0 Å². The Morgan fingerprint density at radius 2 is 1.97 bits per heavy atom. The molecule has 6 nitrogen and oxygen atoms in total. The first-order valence-corrected chi connectivity index (χ1v) is 10.3. The molecule has 0 unspecified atom stereocenters. The summed E-state index contributed by atoms with van der Waals surface area (Å²) in [6.45, 7) is 3.28. The summed E-state index contributed by atoms with van der Waals surface area (Å²) in [4.78, 5) is 23.8. The van der Waals surface area contributed by atoms with Crippen molar-refractivity contribution >= 4 is 29.0 Å². The van der Waals surface area contributed by atoms with Gasteiger partial charge in [-0.05, 0) is 49.6 Å². The van der Waals surface area contributed by atoms with Crippen LogP contribution in [0.1, 0.15) is 18.4 Å². The number of carbonyl (C=O) groups excluding carboxylic acids is 1. The minimum Gasteiger partial charge on any atom is -0.436 e. The number of nitrogens with one attached hydrogen (secondary N) is 1. The van der Waals surface area contributed by atoms with Gasteiger partial charge < -0.3 is 15.0 Å². The van der Waals surface area contributed by atoms with E-state index in [1.54, 1.807) is 18.5 Å². The third kappa shape index (κ3) is 4.71. The summed E-state index contributed by atoms with van der Waals surface area (Å²) < 4.78 is 5.95. The van der Waals surface area contributed by atoms with Crippen molar-refractivity contribution in [2.24, 2.45) is 5.92 Å². The van der Waals surface area contributed by atoms with Gasteiger partial charge in [-0.2, -0.15) is 0 Å². The molecule has 1 aliphatic rings. The predicted molar refractivity (Wildman–Crippen MR) is 118 cm³/mol. The lowest BCUT2D eigenvalue weighted by Crippen LogP contribution is -2.41. The van der Waals surface area contributed by atoms with Crippen molar-refractivity contribution in [1.82, 2.24) is 9.97 Å². The first-order valence-electron chi connectivity index (χ1n) is 9.96. The number of carbonyl (C=O) groups is 1. The highest BCUT2D eigenvalue weighted by molar-refractivity contribution is 6.31. The van der Waals surface area contributed by atoms with Gasteiger partial charge in [0.25, 0.3) is 5.88 Å². The number of aryl methyl sites for hydroxylation is 1. The summed E-state index contributed by atoms with van der Waals surface area (Å²) in [5.74, 6) is 1.61. The fourth-order valence-corrected chi connectivity index (χ4v) is 3.69. The summed E-state index contributed by atoms with van der Waals surface area (Å²) >= 11 is 6.18. The number of anilines is 2. The number of piperidine rings is 1. The van der Waals surface area contributed by atoms with Gasteiger partial charge in [0.1, 0.15) is 5.75 Å². The van der Waals surface area contributed by atoms with Crippen LogP contribution in [-0.4, -0.2) is 29.0 Å². The number of hydrogen-bond acceptors (Lipinski definition) is 5. The Kier molecular flexibility index (Phi) is 6.14. The Labute approximate surface area is 180 Å². The molecule has 1 fully saturated rings. The zero-order chi connectivity index (χ0) is 20.9. The monoisotopic (exact) mass is 422 g/mol. The molecule has 0 radical (unpaired) electrons. The van der Waals surface area contributed by atoms with Crippen LogP contribution < -0.4 is 15.0 Å². The number of para-hydroxylation sites is 1. The lowest BCUT2D eigenvalue weighted by atomic mass is 9.97. The van der Waals surface area contributed by atoms with Gasteiger partial charge in [0, 0.05) is 36.2 Å². The maximum Gasteiger partial charge on any atom is 0.263 e. The molecule has 30 heavy (non-hydrogen) atoms. The zero-order valence-corrected chi connectivity index (χ0v) is 17.5. The van der Waals surface area contributed by atoms with Gasteiger partial charge in [0.05, 0.1) is 5.92 Å². The second-order valence-electron chi connectivity index (χ2n) is 7.34. The molecule has 7 heteroatoms. The summed E-state index contributed by atoms with van der Waals surface area (Å²) in [6.07, 6.45) is 4.95. The number of halogens is 1. The van der Waals surface area contributed by atoms with E-state index in [1.807, 2.05) is 49.4 Å². The van der Waals surface area contributed by atoms with Crippen molar-refractivity contribution in [3.63, 3.8) is 0 Å². The third-order valence-corrected chi connectivity index (χ3v) is 5.54. The number of benzene rings is 2. The SMILES string of the molecule is Cc1ccc(NC(=O)[C@@H]2CCCN(c3nccnc3Oc3ccccc3)C2)cc1Cl. The largest absolute Gasteiger partial charge is 0.436 e. The van der Waals surface area contributed by atoms with Gasteiger partial charge in [0.15, 0.2) is 5.82 Å². The predicted octanol–water partition coefficient (Wildman–Crippen LogP) is 5.09. The van der Waals surface area contributed by atoms with Crippen molar-refractivity contribution in [2.45, 2.75) is 19.8 Å². The number of nitrogens with zero attached hydrogens (tertiary/aromatic N) is 3. The molecule has 4 rings (SSSR count). The lowest BCUT2D eigenvalue weighted by molar-refractivity contribution is -0.120. The van der Waals surface area contributed by atoms with Crippen LogP contribution >= 0.6 is 11.6 Å². The zero-order valence-electron chi connectivity index (χ0n) is 16.7. The van der Waals surface area contributed by atoms with Crippen LogP contribution in [0.25, 0.3) is 0 Å². The maximum absolute atomic E-state index is 12.9. The van der Waals surface area contributed by atoms with E-state index in [9.17, 15) is 4.79 Å². The van der Waals surface area contributed by atoms with E-state index in [1.165, 1.54) is 0 Å². The lowest BCUT2D eigenvalue weighted by Gasteiger charge is -2.33. The van der Waals surface area contributed by atoms with Gasteiger partial charge in [-0.3, -0.25) is 4.79 Å². The Hall–Kier alpha value is -3.12. The molecule has 0 bridgehead atoms. The Bertz CT molecular complexity index is 1030. The average molecular weight is 423 g/mol. The minimum atomic E-state index is -0.162. The van der Waals surface area contributed by atoms with Crippen LogP contribution in [0.15, 0.2) is 60.9 Å². The molecule has 0 aliphatic carbocycles. The Morgan fingerprint density at radius 1 is 1.17 bits per heavy atom. The highest BCUT2D eigenvalue weighted by Crippen LogP contribution is 2.31. The maximum atomic E-state index is 12.9. The molecule has 1 saturated heterocycles. The molecule has 1 atom stereocenters. The molecule has 2 heterocycles. The highest BCUT2D eigenvalue weighted by Gasteiger charge is 2.28. The number of amides is 1.